The van der Waals surface area contributed by atoms with Crippen molar-refractivity contribution >= 4 is 18.0 Å². The van der Waals surface area contributed by atoms with E-state index in [1.54, 1.807) is 20.8 Å². The Morgan fingerprint density at radius 2 is 2.06 bits per heavy atom. The minimum absolute atomic E-state index is 0.292. The van der Waals surface area contributed by atoms with Crippen molar-refractivity contribution in [2.75, 3.05) is 6.54 Å². The summed E-state index contributed by atoms with van der Waals surface area (Å²) in [5, 5.41) is 2.45. The second-order valence-electron chi connectivity index (χ2n) is 5.17. The molecule has 1 rings (SSSR count). The smallest absolute Gasteiger partial charge is 0.408 e. The Balaban J connectivity index is 2.59. The Hall–Kier alpha value is -1.79. The molecular formula is C11H19N3O4. The first-order valence-corrected chi connectivity index (χ1v) is 5.81. The minimum atomic E-state index is -0.796. The van der Waals surface area contributed by atoms with Crippen molar-refractivity contribution in [2.24, 2.45) is 5.73 Å². The summed E-state index contributed by atoms with van der Waals surface area (Å²) in [5.41, 5.74) is 4.44. The number of rotatable bonds is 1. The van der Waals surface area contributed by atoms with Gasteiger partial charge >= 0.3 is 12.1 Å². The lowest BCUT2D eigenvalue weighted by molar-refractivity contribution is -0.132. The van der Waals surface area contributed by atoms with Crippen LogP contribution in [0.4, 0.5) is 9.59 Å². The van der Waals surface area contributed by atoms with Gasteiger partial charge in [-0.2, -0.15) is 0 Å². The highest BCUT2D eigenvalue weighted by Crippen LogP contribution is 2.13. The largest absolute Gasteiger partial charge is 0.444 e. The fraction of sp³-hybridized carbons (Fsp3) is 0.727. The van der Waals surface area contributed by atoms with E-state index in [1.165, 1.54) is 0 Å². The molecule has 0 unspecified atom stereocenters. The second kappa shape index (κ2) is 5.24. The topological polar surface area (TPSA) is 102 Å². The number of piperidine rings is 1. The van der Waals surface area contributed by atoms with E-state index >= 15 is 0 Å². The van der Waals surface area contributed by atoms with Crippen LogP contribution in [0.1, 0.15) is 33.6 Å². The normalized spacial score (nSPS) is 20.5. The Morgan fingerprint density at radius 3 is 2.56 bits per heavy atom. The number of carbonyl (C=O) groups excluding carboxylic acids is 3. The van der Waals surface area contributed by atoms with Gasteiger partial charge in [0, 0.05) is 6.54 Å². The van der Waals surface area contributed by atoms with E-state index < -0.39 is 29.7 Å². The number of carbonyl (C=O) groups is 3. The second-order valence-corrected chi connectivity index (χ2v) is 5.17. The molecule has 4 amide bonds. The zero-order valence-electron chi connectivity index (χ0n) is 10.9. The fourth-order valence-electron chi connectivity index (χ4n) is 1.68. The molecule has 0 aromatic carbocycles. The van der Waals surface area contributed by atoms with E-state index in [1.807, 2.05) is 0 Å². The summed E-state index contributed by atoms with van der Waals surface area (Å²) in [6, 6.07) is -1.54. The van der Waals surface area contributed by atoms with Gasteiger partial charge < -0.3 is 15.8 Å². The first-order chi connectivity index (χ1) is 8.20. The maximum Gasteiger partial charge on any atom is 0.408 e. The van der Waals surface area contributed by atoms with Gasteiger partial charge in [-0.1, -0.05) is 0 Å². The molecule has 102 valence electrons. The van der Waals surface area contributed by atoms with Crippen LogP contribution < -0.4 is 11.1 Å². The Labute approximate surface area is 106 Å². The SMILES string of the molecule is CC(C)(C)OC(=O)N[C@H]1CCCN(C(N)=O)C1=O. The third-order valence-corrected chi connectivity index (χ3v) is 2.40. The summed E-state index contributed by atoms with van der Waals surface area (Å²) in [4.78, 5) is 35.3. The van der Waals surface area contributed by atoms with Gasteiger partial charge in [0.2, 0.25) is 0 Å². The lowest BCUT2D eigenvalue weighted by atomic mass is 10.1. The standard InChI is InChI=1S/C11H19N3O4/c1-11(2,3)18-10(17)13-7-5-4-6-14(8(7)15)9(12)16/h7H,4-6H2,1-3H3,(H2,12,16)(H,13,17)/t7-/m0/s1. The molecule has 1 aliphatic heterocycles. The van der Waals surface area contributed by atoms with E-state index in [-0.39, 0.29) is 0 Å². The molecule has 7 heteroatoms. The summed E-state index contributed by atoms with van der Waals surface area (Å²) in [7, 11) is 0. The van der Waals surface area contributed by atoms with E-state index in [2.05, 4.69) is 5.32 Å². The number of primary amides is 1. The third kappa shape index (κ3) is 3.90. The molecule has 1 saturated heterocycles. The summed E-state index contributed by atoms with van der Waals surface area (Å²) in [5.74, 6) is -0.486. The quantitative estimate of drug-likeness (QED) is 0.717. The molecular weight excluding hydrogens is 238 g/mol. The number of nitrogens with one attached hydrogen (secondary N) is 1. The summed E-state index contributed by atoms with van der Waals surface area (Å²) >= 11 is 0. The number of amides is 4. The number of nitrogens with zero attached hydrogens (tertiary/aromatic N) is 1. The van der Waals surface area contributed by atoms with Crippen molar-refractivity contribution in [3.63, 3.8) is 0 Å². The molecule has 3 N–H and O–H groups in total. The molecule has 0 bridgehead atoms. The van der Waals surface area contributed by atoms with Crippen LogP contribution in [-0.4, -0.2) is 41.1 Å². The van der Waals surface area contributed by atoms with Gasteiger partial charge in [0.15, 0.2) is 0 Å². The Kier molecular flexibility index (Phi) is 4.15. The molecule has 0 spiro atoms. The van der Waals surface area contributed by atoms with Gasteiger partial charge in [-0.15, -0.1) is 0 Å². The number of urea groups is 1. The maximum atomic E-state index is 11.8. The van der Waals surface area contributed by atoms with Crippen LogP contribution in [0, 0.1) is 0 Å². The first kappa shape index (κ1) is 14.3. The maximum absolute atomic E-state index is 11.8. The number of hydrogen-bond acceptors (Lipinski definition) is 4. The molecule has 1 heterocycles. The Bertz CT molecular complexity index is 362. The van der Waals surface area contributed by atoms with Crippen molar-refractivity contribution in [3.8, 4) is 0 Å². The van der Waals surface area contributed by atoms with Crippen molar-refractivity contribution in [2.45, 2.75) is 45.3 Å². The zero-order valence-corrected chi connectivity index (χ0v) is 10.9. The summed E-state index contributed by atoms with van der Waals surface area (Å²) in [6.45, 7) is 5.47. The van der Waals surface area contributed by atoms with E-state index in [0.717, 1.165) is 4.90 Å². The van der Waals surface area contributed by atoms with E-state index in [0.29, 0.717) is 19.4 Å². The van der Waals surface area contributed by atoms with Crippen LogP contribution in [0.3, 0.4) is 0 Å². The monoisotopic (exact) mass is 257 g/mol. The summed E-state index contributed by atoms with van der Waals surface area (Å²) in [6.07, 6.45) is 0.406. The van der Waals surface area contributed by atoms with Gasteiger partial charge in [-0.25, -0.2) is 9.59 Å². The summed E-state index contributed by atoms with van der Waals surface area (Å²) < 4.78 is 5.05. The van der Waals surface area contributed by atoms with E-state index in [9.17, 15) is 14.4 Å². The van der Waals surface area contributed by atoms with Gasteiger partial charge in [0.25, 0.3) is 5.91 Å². The highest BCUT2D eigenvalue weighted by molar-refractivity contribution is 5.98. The minimum Gasteiger partial charge on any atom is -0.444 e. The lowest BCUT2D eigenvalue weighted by Crippen LogP contribution is -2.55. The van der Waals surface area contributed by atoms with Gasteiger partial charge in [-0.05, 0) is 33.6 Å². The Morgan fingerprint density at radius 1 is 1.44 bits per heavy atom. The number of alkyl carbamates (subject to hydrolysis) is 1. The van der Waals surface area contributed by atoms with Gasteiger partial charge in [0.05, 0.1) is 0 Å². The van der Waals surface area contributed by atoms with Crippen molar-refractivity contribution < 1.29 is 19.1 Å². The highest BCUT2D eigenvalue weighted by Gasteiger charge is 2.33. The van der Waals surface area contributed by atoms with Crippen LogP contribution in [0.15, 0.2) is 0 Å². The number of nitrogens with two attached hydrogens (primary N) is 1. The van der Waals surface area contributed by atoms with Crippen LogP contribution in [0.2, 0.25) is 0 Å². The average molecular weight is 257 g/mol. The molecule has 0 saturated carbocycles. The predicted octanol–water partition coefficient (Wildman–Crippen LogP) is 0.581. The molecule has 7 nitrogen and oxygen atoms in total. The molecule has 1 atom stereocenters. The molecule has 1 aliphatic rings. The zero-order chi connectivity index (χ0) is 13.9. The van der Waals surface area contributed by atoms with Crippen molar-refractivity contribution in [3.05, 3.63) is 0 Å². The number of imide groups is 1. The number of ether oxygens (including phenoxy) is 1. The molecule has 18 heavy (non-hydrogen) atoms. The van der Waals surface area contributed by atoms with E-state index in [4.69, 9.17) is 10.5 Å². The highest BCUT2D eigenvalue weighted by atomic mass is 16.6. The molecule has 0 aliphatic carbocycles. The first-order valence-electron chi connectivity index (χ1n) is 5.81. The van der Waals surface area contributed by atoms with Crippen molar-refractivity contribution in [1.82, 2.24) is 10.2 Å². The fourth-order valence-corrected chi connectivity index (χ4v) is 1.68. The molecule has 0 radical (unpaired) electrons. The molecule has 0 aromatic rings. The lowest BCUT2D eigenvalue weighted by Gasteiger charge is -2.30. The third-order valence-electron chi connectivity index (χ3n) is 2.40. The molecule has 1 fully saturated rings. The van der Waals surface area contributed by atoms with Crippen molar-refractivity contribution in [1.29, 1.82) is 0 Å². The van der Waals surface area contributed by atoms with Crippen LogP contribution in [0.25, 0.3) is 0 Å². The van der Waals surface area contributed by atoms with Crippen LogP contribution >= 0.6 is 0 Å². The average Bonchev–Trinajstić information content (AvgIpc) is 2.17. The van der Waals surface area contributed by atoms with Crippen LogP contribution in [-0.2, 0) is 9.53 Å². The number of hydrogen-bond donors (Lipinski definition) is 2. The number of likely N-dealkylation sites (tertiary alicyclic amines) is 1. The van der Waals surface area contributed by atoms with Gasteiger partial charge in [0.1, 0.15) is 11.6 Å². The predicted molar refractivity (Wildman–Crippen MR) is 63.7 cm³/mol. The van der Waals surface area contributed by atoms with Crippen LogP contribution in [0.5, 0.6) is 0 Å². The van der Waals surface area contributed by atoms with Gasteiger partial charge in [-0.3, -0.25) is 9.69 Å². The molecule has 0 aromatic heterocycles.